The first kappa shape index (κ1) is 35.6. The standard InChI is InChI=1S/C54H46N2O2/c1-31-9-17-47(35(5)21-31)55(48-18-10-32(2)22-36(48)6)41-13-15-43-45-25-39-26-46-44-16-14-42(30-54(44)58-52(46)28-40(39)27-51(45)57-53(43)29-41)56(49-19-11-33(3)23-37(49)7)50-20-12-34(4)24-38(50)8/h9-30H,1-8H3. The summed E-state index contributed by atoms with van der Waals surface area (Å²) in [6.45, 7) is 17.3. The van der Waals surface area contributed by atoms with Crippen LogP contribution in [0.5, 0.6) is 0 Å². The fraction of sp³-hybridized carbons (Fsp3) is 0.148. The van der Waals surface area contributed by atoms with Gasteiger partial charge >= 0.3 is 0 Å². The Labute approximate surface area is 339 Å². The quantitative estimate of drug-likeness (QED) is 0.169. The van der Waals surface area contributed by atoms with Gasteiger partial charge in [-0.1, -0.05) is 70.8 Å². The monoisotopic (exact) mass is 754 g/mol. The average Bonchev–Trinajstić information content (AvgIpc) is 3.72. The summed E-state index contributed by atoms with van der Waals surface area (Å²) in [6.07, 6.45) is 0. The maximum absolute atomic E-state index is 6.69. The van der Waals surface area contributed by atoms with Gasteiger partial charge in [-0.05, 0) is 161 Å². The van der Waals surface area contributed by atoms with E-state index in [-0.39, 0.29) is 0 Å². The highest BCUT2D eigenvalue weighted by molar-refractivity contribution is 6.15. The zero-order valence-corrected chi connectivity index (χ0v) is 34.4. The lowest BCUT2D eigenvalue weighted by Crippen LogP contribution is -2.12. The first-order valence-electron chi connectivity index (χ1n) is 20.1. The van der Waals surface area contributed by atoms with Crippen LogP contribution in [-0.2, 0) is 0 Å². The smallest absolute Gasteiger partial charge is 0.137 e. The molecule has 4 heteroatoms. The summed E-state index contributed by atoms with van der Waals surface area (Å²) in [4.78, 5) is 4.72. The van der Waals surface area contributed by atoms with Crippen LogP contribution in [-0.4, -0.2) is 0 Å². The van der Waals surface area contributed by atoms with Gasteiger partial charge in [-0.2, -0.15) is 0 Å². The molecule has 0 radical (unpaired) electrons. The van der Waals surface area contributed by atoms with Crippen LogP contribution in [0.3, 0.4) is 0 Å². The van der Waals surface area contributed by atoms with Gasteiger partial charge in [0, 0.05) is 67.8 Å². The Morgan fingerprint density at radius 3 is 0.931 bits per heavy atom. The Morgan fingerprint density at radius 2 is 0.603 bits per heavy atom. The Balaban J connectivity index is 1.08. The predicted molar refractivity (Wildman–Crippen MR) is 246 cm³/mol. The molecule has 0 atom stereocenters. The largest absolute Gasteiger partial charge is 0.456 e. The third-order valence-electron chi connectivity index (χ3n) is 11.9. The molecule has 284 valence electrons. The molecule has 8 aromatic carbocycles. The molecule has 0 spiro atoms. The number of benzene rings is 8. The van der Waals surface area contributed by atoms with E-state index in [0.29, 0.717) is 0 Å². The highest BCUT2D eigenvalue weighted by atomic mass is 16.3. The topological polar surface area (TPSA) is 32.8 Å². The molecule has 0 aliphatic heterocycles. The maximum atomic E-state index is 6.69. The molecule has 0 N–H and O–H groups in total. The van der Waals surface area contributed by atoms with Crippen LogP contribution in [0.1, 0.15) is 44.5 Å². The normalized spacial score (nSPS) is 11.8. The molecular weight excluding hydrogens is 709 g/mol. The molecule has 0 saturated carbocycles. The number of furan rings is 2. The third kappa shape index (κ3) is 5.90. The summed E-state index contributed by atoms with van der Waals surface area (Å²) in [6, 6.07) is 48.8. The van der Waals surface area contributed by atoms with Gasteiger partial charge in [0.15, 0.2) is 0 Å². The lowest BCUT2D eigenvalue weighted by Gasteiger charge is -2.29. The number of anilines is 6. The SMILES string of the molecule is Cc1ccc(N(c2ccc3c(c2)oc2cc4cc5oc6cc(N(c7ccc(C)cc7C)c7ccc(C)cc7C)ccc6c5cc4cc23)c2ccc(C)cc2C)c(C)c1. The van der Waals surface area contributed by atoms with Crippen molar-refractivity contribution in [2.45, 2.75) is 55.4 Å². The molecule has 4 nitrogen and oxygen atoms in total. The van der Waals surface area contributed by atoms with E-state index in [2.05, 4.69) is 199 Å². The van der Waals surface area contributed by atoms with Crippen LogP contribution >= 0.6 is 0 Å². The van der Waals surface area contributed by atoms with Gasteiger partial charge in [0.05, 0.1) is 0 Å². The van der Waals surface area contributed by atoms with Crippen molar-refractivity contribution in [3.05, 3.63) is 178 Å². The minimum Gasteiger partial charge on any atom is -0.456 e. The molecular formula is C54H46N2O2. The van der Waals surface area contributed by atoms with Crippen LogP contribution in [0, 0.1) is 55.4 Å². The molecule has 0 bridgehead atoms. The molecule has 10 rings (SSSR count). The first-order chi connectivity index (χ1) is 28.0. The molecule has 10 aromatic rings. The van der Waals surface area contributed by atoms with E-state index >= 15 is 0 Å². The van der Waals surface area contributed by atoms with E-state index in [1.807, 2.05) is 0 Å². The van der Waals surface area contributed by atoms with E-state index < -0.39 is 0 Å². The minimum absolute atomic E-state index is 0.861. The van der Waals surface area contributed by atoms with Crippen molar-refractivity contribution in [3.8, 4) is 0 Å². The Morgan fingerprint density at radius 1 is 0.293 bits per heavy atom. The second kappa shape index (κ2) is 13.4. The number of rotatable bonds is 6. The van der Waals surface area contributed by atoms with Gasteiger partial charge in [-0.25, -0.2) is 0 Å². The van der Waals surface area contributed by atoms with E-state index in [1.165, 1.54) is 44.5 Å². The fourth-order valence-electron chi connectivity index (χ4n) is 9.09. The van der Waals surface area contributed by atoms with Gasteiger partial charge < -0.3 is 18.6 Å². The van der Waals surface area contributed by atoms with E-state index in [1.54, 1.807) is 0 Å². The second-order valence-corrected chi connectivity index (χ2v) is 16.4. The zero-order valence-electron chi connectivity index (χ0n) is 34.4. The Hall–Kier alpha value is -6.78. The second-order valence-electron chi connectivity index (χ2n) is 16.4. The number of aryl methyl sites for hydroxylation is 8. The van der Waals surface area contributed by atoms with Gasteiger partial charge in [0.1, 0.15) is 22.3 Å². The summed E-state index contributed by atoms with van der Waals surface area (Å²) >= 11 is 0. The molecule has 0 saturated heterocycles. The highest BCUT2D eigenvalue weighted by Gasteiger charge is 2.21. The van der Waals surface area contributed by atoms with E-state index in [9.17, 15) is 0 Å². The molecule has 0 amide bonds. The van der Waals surface area contributed by atoms with Crippen molar-refractivity contribution in [3.63, 3.8) is 0 Å². The van der Waals surface area contributed by atoms with Gasteiger partial charge in [0.2, 0.25) is 0 Å². The predicted octanol–water partition coefficient (Wildman–Crippen LogP) is 16.0. The lowest BCUT2D eigenvalue weighted by molar-refractivity contribution is 0.668. The molecule has 0 unspecified atom stereocenters. The lowest BCUT2D eigenvalue weighted by atomic mass is 10.0. The van der Waals surface area contributed by atoms with Gasteiger partial charge in [-0.15, -0.1) is 0 Å². The number of nitrogens with zero attached hydrogens (tertiary/aromatic N) is 2. The number of hydrogen-bond donors (Lipinski definition) is 0. The molecule has 0 fully saturated rings. The molecule has 0 aliphatic carbocycles. The molecule has 2 aromatic heterocycles. The minimum atomic E-state index is 0.861. The van der Waals surface area contributed by atoms with Crippen LogP contribution in [0.25, 0.3) is 54.6 Å². The summed E-state index contributed by atoms with van der Waals surface area (Å²) in [5.41, 5.74) is 20.1. The van der Waals surface area contributed by atoms with Crippen molar-refractivity contribution in [1.29, 1.82) is 0 Å². The highest BCUT2D eigenvalue weighted by Crippen LogP contribution is 2.44. The van der Waals surface area contributed by atoms with Crippen LogP contribution in [0.2, 0.25) is 0 Å². The Bertz CT molecular complexity index is 2970. The summed E-state index contributed by atoms with van der Waals surface area (Å²) < 4.78 is 13.4. The van der Waals surface area contributed by atoms with Crippen LogP contribution in [0.15, 0.2) is 142 Å². The Kier molecular flexibility index (Phi) is 8.24. The van der Waals surface area contributed by atoms with Gasteiger partial charge in [-0.3, -0.25) is 0 Å². The van der Waals surface area contributed by atoms with Crippen molar-refractivity contribution in [2.24, 2.45) is 0 Å². The molecule has 2 heterocycles. The fourth-order valence-corrected chi connectivity index (χ4v) is 9.09. The van der Waals surface area contributed by atoms with E-state index in [4.69, 9.17) is 8.83 Å². The van der Waals surface area contributed by atoms with Crippen molar-refractivity contribution in [1.82, 2.24) is 0 Å². The molecule has 0 aliphatic rings. The van der Waals surface area contributed by atoms with Crippen molar-refractivity contribution >= 4 is 88.8 Å². The number of hydrogen-bond acceptors (Lipinski definition) is 4. The summed E-state index contributed by atoms with van der Waals surface area (Å²) in [7, 11) is 0. The third-order valence-corrected chi connectivity index (χ3v) is 11.9. The van der Waals surface area contributed by atoms with Crippen LogP contribution in [0.4, 0.5) is 34.1 Å². The number of fused-ring (bicyclic) bond motifs is 7. The van der Waals surface area contributed by atoms with Gasteiger partial charge in [0.25, 0.3) is 0 Å². The first-order valence-corrected chi connectivity index (χ1v) is 20.1. The van der Waals surface area contributed by atoms with E-state index in [0.717, 1.165) is 88.8 Å². The van der Waals surface area contributed by atoms with Crippen molar-refractivity contribution in [2.75, 3.05) is 9.80 Å². The average molecular weight is 755 g/mol. The summed E-state index contributed by atoms with van der Waals surface area (Å²) in [5, 5.41) is 6.63. The summed E-state index contributed by atoms with van der Waals surface area (Å²) in [5.74, 6) is 0. The van der Waals surface area contributed by atoms with Crippen molar-refractivity contribution < 1.29 is 8.83 Å². The maximum Gasteiger partial charge on any atom is 0.137 e. The van der Waals surface area contributed by atoms with Crippen LogP contribution < -0.4 is 9.80 Å². The molecule has 58 heavy (non-hydrogen) atoms. The zero-order chi connectivity index (χ0) is 40.0.